The van der Waals surface area contributed by atoms with Gasteiger partial charge in [0.05, 0.1) is 6.10 Å². The van der Waals surface area contributed by atoms with Gasteiger partial charge in [-0.05, 0) is 62.7 Å². The van der Waals surface area contributed by atoms with Gasteiger partial charge in [-0.15, -0.1) is 0 Å². The average molecular weight is 222 g/mol. The van der Waals surface area contributed by atoms with Crippen molar-refractivity contribution in [2.24, 2.45) is 16.7 Å². The van der Waals surface area contributed by atoms with Crippen LogP contribution >= 0.6 is 0 Å². The van der Waals surface area contributed by atoms with Crippen LogP contribution in [-0.2, 0) is 0 Å². The van der Waals surface area contributed by atoms with Crippen molar-refractivity contribution in [3.63, 3.8) is 0 Å². The summed E-state index contributed by atoms with van der Waals surface area (Å²) in [6, 6.07) is 0. The quantitative estimate of drug-likeness (QED) is 0.718. The topological polar surface area (TPSA) is 20.2 Å². The van der Waals surface area contributed by atoms with Crippen molar-refractivity contribution >= 4 is 0 Å². The number of allylic oxidation sites excluding steroid dienone is 2. The summed E-state index contributed by atoms with van der Waals surface area (Å²) in [6.07, 6.45) is 8.32. The van der Waals surface area contributed by atoms with Crippen LogP contribution < -0.4 is 0 Å². The molecule has 0 radical (unpaired) electrons. The van der Waals surface area contributed by atoms with E-state index in [0.29, 0.717) is 5.41 Å². The molecular weight excluding hydrogens is 196 g/mol. The standard InChI is InChI=1S/C15H26O/c1-11(2)6-5-8-14(3)12-7-9-15(14,4)13(16)10-12/h6,12-13,16H,5,7-10H2,1-4H3/t12-,13-,14-,15+/m0/s1. The van der Waals surface area contributed by atoms with Crippen molar-refractivity contribution in [2.45, 2.75) is 65.9 Å². The maximum absolute atomic E-state index is 10.2. The monoisotopic (exact) mass is 222 g/mol. The highest BCUT2D eigenvalue weighted by molar-refractivity contribution is 5.13. The molecule has 0 saturated heterocycles. The Bertz CT molecular complexity index is 303. The minimum absolute atomic E-state index is 0.0528. The zero-order valence-corrected chi connectivity index (χ0v) is 11.2. The predicted octanol–water partition coefficient (Wildman–Crippen LogP) is 3.92. The summed E-state index contributed by atoms with van der Waals surface area (Å²) in [5.41, 5.74) is 1.98. The second-order valence-electron chi connectivity index (χ2n) is 6.64. The number of aliphatic hydroxyl groups is 1. The van der Waals surface area contributed by atoms with Crippen molar-refractivity contribution in [1.82, 2.24) is 0 Å². The number of fused-ring (bicyclic) bond motifs is 2. The smallest absolute Gasteiger partial charge is 0.0601 e. The third kappa shape index (κ3) is 1.55. The lowest BCUT2D eigenvalue weighted by Gasteiger charge is -2.40. The molecule has 92 valence electrons. The summed E-state index contributed by atoms with van der Waals surface area (Å²) in [4.78, 5) is 0. The Morgan fingerprint density at radius 1 is 1.38 bits per heavy atom. The Hall–Kier alpha value is -0.300. The maximum Gasteiger partial charge on any atom is 0.0601 e. The van der Waals surface area contributed by atoms with Crippen LogP contribution in [0.2, 0.25) is 0 Å². The molecule has 16 heavy (non-hydrogen) atoms. The first-order valence-corrected chi connectivity index (χ1v) is 6.71. The van der Waals surface area contributed by atoms with Gasteiger partial charge in [0.1, 0.15) is 0 Å². The molecule has 0 amide bonds. The Morgan fingerprint density at radius 2 is 2.06 bits per heavy atom. The van der Waals surface area contributed by atoms with Gasteiger partial charge in [0.2, 0.25) is 0 Å². The zero-order chi connectivity index (χ0) is 12.0. The third-order valence-electron chi connectivity index (χ3n) is 5.68. The van der Waals surface area contributed by atoms with Crippen LogP contribution in [-0.4, -0.2) is 11.2 Å². The van der Waals surface area contributed by atoms with Crippen LogP contribution in [0.25, 0.3) is 0 Å². The molecule has 2 aliphatic carbocycles. The van der Waals surface area contributed by atoms with Crippen molar-refractivity contribution < 1.29 is 5.11 Å². The van der Waals surface area contributed by atoms with Crippen LogP contribution in [0.4, 0.5) is 0 Å². The normalized spacial score (nSPS) is 46.1. The fourth-order valence-electron chi connectivity index (χ4n) is 4.15. The highest BCUT2D eigenvalue weighted by Gasteiger charge is 2.62. The summed E-state index contributed by atoms with van der Waals surface area (Å²) in [6.45, 7) is 9.07. The number of hydrogen-bond acceptors (Lipinski definition) is 1. The van der Waals surface area contributed by atoms with E-state index in [2.05, 4.69) is 33.8 Å². The van der Waals surface area contributed by atoms with Gasteiger partial charge in [-0.3, -0.25) is 0 Å². The Kier molecular flexibility index (Phi) is 2.94. The van der Waals surface area contributed by atoms with Crippen LogP contribution in [0.1, 0.15) is 59.8 Å². The van der Waals surface area contributed by atoms with E-state index in [-0.39, 0.29) is 11.5 Å². The van der Waals surface area contributed by atoms with Gasteiger partial charge < -0.3 is 5.11 Å². The Morgan fingerprint density at radius 3 is 2.50 bits per heavy atom. The van der Waals surface area contributed by atoms with Crippen molar-refractivity contribution in [3.05, 3.63) is 11.6 Å². The van der Waals surface area contributed by atoms with Crippen molar-refractivity contribution in [3.8, 4) is 0 Å². The number of rotatable bonds is 3. The molecule has 1 heteroatoms. The zero-order valence-electron chi connectivity index (χ0n) is 11.2. The molecule has 1 nitrogen and oxygen atoms in total. The molecule has 0 heterocycles. The summed E-state index contributed by atoms with van der Waals surface area (Å²) >= 11 is 0. The second-order valence-corrected chi connectivity index (χ2v) is 6.64. The molecule has 2 aliphatic rings. The van der Waals surface area contributed by atoms with E-state index in [4.69, 9.17) is 0 Å². The third-order valence-corrected chi connectivity index (χ3v) is 5.68. The molecule has 0 aromatic rings. The fraction of sp³-hybridized carbons (Fsp3) is 0.867. The predicted molar refractivity (Wildman–Crippen MR) is 68.2 cm³/mol. The summed E-state index contributed by atoms with van der Waals surface area (Å²) < 4.78 is 0. The van der Waals surface area contributed by atoms with E-state index >= 15 is 0 Å². The first-order valence-electron chi connectivity index (χ1n) is 6.71. The molecule has 0 aromatic heterocycles. The first kappa shape index (κ1) is 12.2. The van der Waals surface area contributed by atoms with E-state index in [1.807, 2.05) is 0 Å². The van der Waals surface area contributed by atoms with E-state index in [9.17, 15) is 5.11 Å². The summed E-state index contributed by atoms with van der Waals surface area (Å²) in [5, 5.41) is 10.2. The second kappa shape index (κ2) is 3.87. The highest BCUT2D eigenvalue weighted by Crippen LogP contribution is 2.67. The first-order chi connectivity index (χ1) is 7.40. The van der Waals surface area contributed by atoms with Crippen molar-refractivity contribution in [2.75, 3.05) is 0 Å². The molecule has 4 atom stereocenters. The minimum Gasteiger partial charge on any atom is -0.393 e. The molecule has 2 saturated carbocycles. The van der Waals surface area contributed by atoms with E-state index in [0.717, 1.165) is 12.3 Å². The Balaban J connectivity index is 2.10. The van der Waals surface area contributed by atoms with Crippen LogP contribution in [0.15, 0.2) is 11.6 Å². The maximum atomic E-state index is 10.2. The van der Waals surface area contributed by atoms with Gasteiger partial charge in [-0.2, -0.15) is 0 Å². The SMILES string of the molecule is CC(C)=CCC[C@@]1(C)[C@H]2CC[C@]1(C)[C@@H](O)C2. The lowest BCUT2D eigenvalue weighted by atomic mass is 9.66. The largest absolute Gasteiger partial charge is 0.393 e. The molecule has 0 aromatic carbocycles. The van der Waals surface area contributed by atoms with Crippen LogP contribution in [0.3, 0.4) is 0 Å². The van der Waals surface area contributed by atoms with Gasteiger partial charge in [0.25, 0.3) is 0 Å². The van der Waals surface area contributed by atoms with Crippen LogP contribution in [0.5, 0.6) is 0 Å². The molecule has 2 rings (SSSR count). The lowest BCUT2D eigenvalue weighted by Crippen LogP contribution is -2.37. The van der Waals surface area contributed by atoms with Gasteiger partial charge in [-0.25, -0.2) is 0 Å². The molecule has 2 fully saturated rings. The summed E-state index contributed by atoms with van der Waals surface area (Å²) in [5.74, 6) is 0.762. The number of aliphatic hydroxyl groups excluding tert-OH is 1. The van der Waals surface area contributed by atoms with E-state index in [1.165, 1.54) is 31.3 Å². The van der Waals surface area contributed by atoms with E-state index < -0.39 is 0 Å². The fourth-order valence-corrected chi connectivity index (χ4v) is 4.15. The average Bonchev–Trinajstić information content (AvgIpc) is 2.52. The molecular formula is C15H26O. The van der Waals surface area contributed by atoms with Gasteiger partial charge >= 0.3 is 0 Å². The van der Waals surface area contributed by atoms with Gasteiger partial charge in [-0.1, -0.05) is 25.5 Å². The summed E-state index contributed by atoms with van der Waals surface area (Å²) in [7, 11) is 0. The van der Waals surface area contributed by atoms with Gasteiger partial charge in [0, 0.05) is 0 Å². The highest BCUT2D eigenvalue weighted by atomic mass is 16.3. The van der Waals surface area contributed by atoms with Gasteiger partial charge in [0.15, 0.2) is 0 Å². The van der Waals surface area contributed by atoms with Crippen molar-refractivity contribution in [1.29, 1.82) is 0 Å². The molecule has 0 spiro atoms. The van der Waals surface area contributed by atoms with Crippen LogP contribution in [0, 0.1) is 16.7 Å². The molecule has 1 N–H and O–H groups in total. The lowest BCUT2D eigenvalue weighted by molar-refractivity contribution is 0.00200. The number of hydrogen-bond donors (Lipinski definition) is 1. The molecule has 0 aliphatic heterocycles. The van der Waals surface area contributed by atoms with E-state index in [1.54, 1.807) is 0 Å². The Labute approximate surface area is 99.9 Å². The minimum atomic E-state index is -0.0528. The molecule has 0 unspecified atom stereocenters. The molecule has 2 bridgehead atoms.